The zero-order valence-corrected chi connectivity index (χ0v) is 18.1. The Kier molecular flexibility index (Phi) is 6.66. The number of carbonyl (C=O) groups is 1. The summed E-state index contributed by atoms with van der Waals surface area (Å²) < 4.78 is 20.8. The first kappa shape index (κ1) is 21.8. The molecular formula is C27H26FNO3. The van der Waals surface area contributed by atoms with Gasteiger partial charge in [-0.2, -0.15) is 0 Å². The summed E-state index contributed by atoms with van der Waals surface area (Å²) in [6, 6.07) is 23.5. The number of aliphatic carboxylic acids is 1. The minimum absolute atomic E-state index is 0.0405. The highest BCUT2D eigenvalue weighted by atomic mass is 19.1. The van der Waals surface area contributed by atoms with Crippen molar-refractivity contribution in [3.8, 4) is 11.3 Å². The highest BCUT2D eigenvalue weighted by Crippen LogP contribution is 2.30. The van der Waals surface area contributed by atoms with E-state index in [-0.39, 0.29) is 12.2 Å². The molecule has 0 radical (unpaired) electrons. The molecule has 164 valence electrons. The van der Waals surface area contributed by atoms with E-state index >= 15 is 0 Å². The Morgan fingerprint density at radius 3 is 2.53 bits per heavy atom. The molecule has 0 unspecified atom stereocenters. The largest absolute Gasteiger partial charge is 0.481 e. The van der Waals surface area contributed by atoms with Crippen LogP contribution in [0.15, 0.2) is 77.2 Å². The Labute approximate surface area is 186 Å². The van der Waals surface area contributed by atoms with Gasteiger partial charge in [0.25, 0.3) is 0 Å². The number of benzene rings is 3. The first-order chi connectivity index (χ1) is 15.5. The second-order valence-corrected chi connectivity index (χ2v) is 7.96. The van der Waals surface area contributed by atoms with Crippen molar-refractivity contribution in [2.75, 3.05) is 13.1 Å². The fourth-order valence-corrected chi connectivity index (χ4v) is 3.85. The van der Waals surface area contributed by atoms with Crippen LogP contribution >= 0.6 is 0 Å². The number of carboxylic acids is 1. The minimum Gasteiger partial charge on any atom is -0.481 e. The zero-order valence-electron chi connectivity index (χ0n) is 18.1. The zero-order chi connectivity index (χ0) is 22.5. The van der Waals surface area contributed by atoms with Gasteiger partial charge in [0.1, 0.15) is 17.2 Å². The molecule has 32 heavy (non-hydrogen) atoms. The summed E-state index contributed by atoms with van der Waals surface area (Å²) >= 11 is 0. The third kappa shape index (κ3) is 5.24. The molecule has 0 amide bonds. The summed E-state index contributed by atoms with van der Waals surface area (Å²) in [5.74, 6) is -0.543. The molecule has 0 aliphatic carbocycles. The van der Waals surface area contributed by atoms with Crippen molar-refractivity contribution in [2.45, 2.75) is 26.3 Å². The van der Waals surface area contributed by atoms with E-state index in [0.717, 1.165) is 17.4 Å². The summed E-state index contributed by atoms with van der Waals surface area (Å²) in [7, 11) is 0. The Morgan fingerprint density at radius 1 is 1.00 bits per heavy atom. The van der Waals surface area contributed by atoms with E-state index in [0.29, 0.717) is 36.5 Å². The predicted molar refractivity (Wildman–Crippen MR) is 124 cm³/mol. The van der Waals surface area contributed by atoms with Gasteiger partial charge in [-0.05, 0) is 48.4 Å². The maximum absolute atomic E-state index is 14.8. The molecule has 1 aromatic heterocycles. The summed E-state index contributed by atoms with van der Waals surface area (Å²) in [6.45, 7) is 3.36. The van der Waals surface area contributed by atoms with Crippen LogP contribution in [0.2, 0.25) is 0 Å². The summed E-state index contributed by atoms with van der Waals surface area (Å²) in [6.07, 6.45) is 0.884. The van der Waals surface area contributed by atoms with E-state index in [2.05, 4.69) is 24.3 Å². The van der Waals surface area contributed by atoms with Gasteiger partial charge in [0, 0.05) is 29.6 Å². The van der Waals surface area contributed by atoms with Gasteiger partial charge < -0.3 is 9.52 Å². The smallest absolute Gasteiger partial charge is 0.304 e. The second-order valence-electron chi connectivity index (χ2n) is 7.96. The number of furan rings is 1. The van der Waals surface area contributed by atoms with Gasteiger partial charge in [0.15, 0.2) is 0 Å². The third-order valence-electron chi connectivity index (χ3n) is 5.65. The molecule has 1 N–H and O–H groups in total. The van der Waals surface area contributed by atoms with Crippen molar-refractivity contribution in [1.29, 1.82) is 0 Å². The first-order valence-electron chi connectivity index (χ1n) is 10.8. The molecule has 0 spiro atoms. The number of hydrogen-bond donors (Lipinski definition) is 1. The van der Waals surface area contributed by atoms with E-state index < -0.39 is 5.97 Å². The lowest BCUT2D eigenvalue weighted by Gasteiger charge is -2.19. The molecule has 0 fully saturated rings. The normalized spacial score (nSPS) is 11.3. The van der Waals surface area contributed by atoms with Crippen molar-refractivity contribution in [2.24, 2.45) is 0 Å². The fourth-order valence-electron chi connectivity index (χ4n) is 3.85. The summed E-state index contributed by atoms with van der Waals surface area (Å²) in [5, 5.41) is 9.87. The van der Waals surface area contributed by atoms with E-state index in [4.69, 9.17) is 9.52 Å². The van der Waals surface area contributed by atoms with Crippen LogP contribution in [0.3, 0.4) is 0 Å². The first-order valence-corrected chi connectivity index (χ1v) is 10.8. The van der Waals surface area contributed by atoms with E-state index in [1.165, 1.54) is 17.2 Å². The topological polar surface area (TPSA) is 53.7 Å². The lowest BCUT2D eigenvalue weighted by molar-refractivity contribution is -0.137. The lowest BCUT2D eigenvalue weighted by atomic mass is 10.0. The average Bonchev–Trinajstić information content (AvgIpc) is 3.21. The monoisotopic (exact) mass is 431 g/mol. The molecule has 0 saturated carbocycles. The van der Waals surface area contributed by atoms with Gasteiger partial charge in [-0.3, -0.25) is 9.69 Å². The molecule has 5 heteroatoms. The number of halogens is 1. The highest BCUT2D eigenvalue weighted by Gasteiger charge is 2.13. The number of hydrogen-bond acceptors (Lipinski definition) is 3. The van der Waals surface area contributed by atoms with Crippen LogP contribution in [0.5, 0.6) is 0 Å². The number of nitrogens with zero attached hydrogens (tertiary/aromatic N) is 1. The van der Waals surface area contributed by atoms with Crippen molar-refractivity contribution in [3.63, 3.8) is 0 Å². The molecule has 0 saturated heterocycles. The Bertz CT molecular complexity index is 1220. The number of rotatable bonds is 9. The molecule has 1 heterocycles. The Morgan fingerprint density at radius 2 is 1.81 bits per heavy atom. The molecule has 4 aromatic rings. The van der Waals surface area contributed by atoms with Crippen molar-refractivity contribution in [1.82, 2.24) is 4.90 Å². The van der Waals surface area contributed by atoms with Gasteiger partial charge in [-0.25, -0.2) is 4.39 Å². The van der Waals surface area contributed by atoms with Crippen LogP contribution in [0.25, 0.3) is 22.3 Å². The third-order valence-corrected chi connectivity index (χ3v) is 5.65. The SMILES string of the molecule is CCN(CCC(=O)O)Cc1ccc(-c2cc3cc(Cc4ccccc4)ccc3o2)cc1F. The average molecular weight is 432 g/mol. The van der Waals surface area contributed by atoms with Crippen LogP contribution in [-0.4, -0.2) is 29.1 Å². The Balaban J connectivity index is 1.52. The van der Waals surface area contributed by atoms with Crippen molar-refractivity contribution in [3.05, 3.63) is 95.3 Å². The van der Waals surface area contributed by atoms with Gasteiger partial charge in [0.2, 0.25) is 0 Å². The molecule has 0 aliphatic rings. The van der Waals surface area contributed by atoms with Gasteiger partial charge in [0.05, 0.1) is 6.42 Å². The standard InChI is InChI=1S/C27H26FNO3/c1-2-29(13-12-27(30)31)18-22-10-9-21(16-24(22)28)26-17-23-15-20(8-11-25(23)32-26)14-19-6-4-3-5-7-19/h3-11,15-17H,2,12-14,18H2,1H3,(H,30,31). The molecular weight excluding hydrogens is 405 g/mol. The maximum atomic E-state index is 14.8. The highest BCUT2D eigenvalue weighted by molar-refractivity contribution is 5.83. The van der Waals surface area contributed by atoms with Crippen molar-refractivity contribution < 1.29 is 18.7 Å². The van der Waals surface area contributed by atoms with Crippen LogP contribution in [0.1, 0.15) is 30.0 Å². The minimum atomic E-state index is -0.851. The molecule has 0 atom stereocenters. The molecule has 0 bridgehead atoms. The van der Waals surface area contributed by atoms with Crippen LogP contribution in [0, 0.1) is 5.82 Å². The number of fused-ring (bicyclic) bond motifs is 1. The lowest BCUT2D eigenvalue weighted by Crippen LogP contribution is -2.26. The van der Waals surface area contributed by atoms with Crippen molar-refractivity contribution >= 4 is 16.9 Å². The predicted octanol–water partition coefficient (Wildman–Crippen LogP) is 6.13. The quantitative estimate of drug-likeness (QED) is 0.347. The number of carboxylic acid groups (broad SMARTS) is 1. The van der Waals surface area contributed by atoms with Crippen LogP contribution in [-0.2, 0) is 17.8 Å². The van der Waals surface area contributed by atoms with Crippen LogP contribution in [0.4, 0.5) is 4.39 Å². The summed E-state index contributed by atoms with van der Waals surface area (Å²) in [4.78, 5) is 12.7. The van der Waals surface area contributed by atoms with E-state index in [1.807, 2.05) is 48.2 Å². The van der Waals surface area contributed by atoms with E-state index in [1.54, 1.807) is 6.07 Å². The van der Waals surface area contributed by atoms with E-state index in [9.17, 15) is 9.18 Å². The Hall–Kier alpha value is -3.44. The second kappa shape index (κ2) is 9.79. The summed E-state index contributed by atoms with van der Waals surface area (Å²) in [5.41, 5.74) is 4.44. The van der Waals surface area contributed by atoms with Gasteiger partial charge >= 0.3 is 5.97 Å². The van der Waals surface area contributed by atoms with Gasteiger partial charge in [-0.1, -0.05) is 55.5 Å². The molecule has 4 rings (SSSR count). The molecule has 0 aliphatic heterocycles. The van der Waals surface area contributed by atoms with Gasteiger partial charge in [-0.15, -0.1) is 0 Å². The molecule has 3 aromatic carbocycles. The fraction of sp³-hybridized carbons (Fsp3) is 0.222. The molecule has 4 nitrogen and oxygen atoms in total. The van der Waals surface area contributed by atoms with Crippen LogP contribution < -0.4 is 0 Å². The maximum Gasteiger partial charge on any atom is 0.304 e.